The number of aliphatic imine (C=N–C) groups is 1. The number of aromatic nitrogens is 1. The molecule has 0 bridgehead atoms. The Kier molecular flexibility index (Phi) is 4.46. The summed E-state index contributed by atoms with van der Waals surface area (Å²) < 4.78 is 38.1. The molecule has 1 aromatic rings. The average Bonchev–Trinajstić information content (AvgIpc) is 2.24. The van der Waals surface area contributed by atoms with Gasteiger partial charge in [-0.25, -0.2) is 4.57 Å². The Morgan fingerprint density at radius 1 is 1.19 bits per heavy atom. The van der Waals surface area contributed by atoms with Crippen molar-refractivity contribution in [3.8, 4) is 0 Å². The van der Waals surface area contributed by atoms with E-state index in [1.54, 1.807) is 30.6 Å². The summed E-state index contributed by atoms with van der Waals surface area (Å²) in [7, 11) is 0. The molecule has 1 heterocycles. The summed E-state index contributed by atoms with van der Waals surface area (Å²) >= 11 is 0. The van der Waals surface area contributed by atoms with Crippen LogP contribution in [-0.2, 0) is 0 Å². The molecule has 1 rings (SSSR count). The SMILES string of the molecule is CCCCC(=NC(F)(F)F)[n+]1ccccc1. The largest absolute Gasteiger partial charge is 0.602 e. The molecule has 1 aromatic heterocycles. The van der Waals surface area contributed by atoms with Gasteiger partial charge >= 0.3 is 12.1 Å². The molecule has 0 amide bonds. The summed E-state index contributed by atoms with van der Waals surface area (Å²) in [6, 6.07) is 5.11. The highest BCUT2D eigenvalue weighted by atomic mass is 19.4. The van der Waals surface area contributed by atoms with Gasteiger partial charge in [0.25, 0.3) is 0 Å². The first kappa shape index (κ1) is 12.7. The van der Waals surface area contributed by atoms with Crippen LogP contribution in [0.1, 0.15) is 26.2 Å². The third-order valence-corrected chi connectivity index (χ3v) is 2.02. The second kappa shape index (κ2) is 5.63. The number of halogens is 3. The Bertz CT molecular complexity index is 344. The highest BCUT2D eigenvalue weighted by molar-refractivity contribution is 5.73. The van der Waals surface area contributed by atoms with Crippen molar-refractivity contribution in [2.24, 2.45) is 4.99 Å². The highest BCUT2D eigenvalue weighted by Gasteiger charge is 2.37. The van der Waals surface area contributed by atoms with E-state index in [2.05, 4.69) is 4.99 Å². The molecule has 0 aliphatic carbocycles. The predicted molar refractivity (Wildman–Crippen MR) is 55.1 cm³/mol. The molecule has 5 heteroatoms. The summed E-state index contributed by atoms with van der Waals surface area (Å²) in [4.78, 5) is 2.80. The van der Waals surface area contributed by atoms with Crippen molar-refractivity contribution < 1.29 is 17.7 Å². The lowest BCUT2D eigenvalue weighted by Gasteiger charge is -2.00. The van der Waals surface area contributed by atoms with Crippen LogP contribution in [0.3, 0.4) is 0 Å². The van der Waals surface area contributed by atoms with Crippen molar-refractivity contribution in [2.45, 2.75) is 32.5 Å². The van der Waals surface area contributed by atoms with Crippen LogP contribution in [0.15, 0.2) is 35.6 Å². The van der Waals surface area contributed by atoms with E-state index >= 15 is 0 Å². The summed E-state index contributed by atoms with van der Waals surface area (Å²) in [5.74, 6) is 0.0370. The van der Waals surface area contributed by atoms with E-state index in [9.17, 15) is 13.2 Å². The monoisotopic (exact) mass is 231 g/mol. The number of alkyl halides is 3. The molecule has 16 heavy (non-hydrogen) atoms. The number of rotatable bonds is 3. The molecule has 0 radical (unpaired) electrons. The first-order chi connectivity index (χ1) is 7.53. The maximum Gasteiger partial charge on any atom is 0.602 e. The molecule has 0 aliphatic rings. The van der Waals surface area contributed by atoms with Gasteiger partial charge in [-0.15, -0.1) is 13.2 Å². The number of unbranched alkanes of at least 4 members (excludes halogenated alkanes) is 1. The first-order valence-electron chi connectivity index (χ1n) is 5.15. The van der Waals surface area contributed by atoms with E-state index < -0.39 is 6.30 Å². The Labute approximate surface area is 92.4 Å². The Morgan fingerprint density at radius 2 is 1.81 bits per heavy atom. The van der Waals surface area contributed by atoms with Gasteiger partial charge < -0.3 is 0 Å². The summed E-state index contributed by atoms with van der Waals surface area (Å²) in [6.45, 7) is 1.93. The van der Waals surface area contributed by atoms with E-state index in [-0.39, 0.29) is 5.84 Å². The first-order valence-corrected chi connectivity index (χ1v) is 5.15. The van der Waals surface area contributed by atoms with Gasteiger partial charge in [0, 0.05) is 4.99 Å². The quantitative estimate of drug-likeness (QED) is 0.329. The van der Waals surface area contributed by atoms with Crippen LogP contribution in [-0.4, -0.2) is 12.1 Å². The number of hydrogen-bond acceptors (Lipinski definition) is 1. The van der Waals surface area contributed by atoms with E-state index in [4.69, 9.17) is 0 Å². The summed E-state index contributed by atoms with van der Waals surface area (Å²) in [6.07, 6.45) is 0.484. The fourth-order valence-electron chi connectivity index (χ4n) is 1.29. The second-order valence-corrected chi connectivity index (χ2v) is 3.38. The molecule has 0 aliphatic heterocycles. The molecule has 0 N–H and O–H groups in total. The van der Waals surface area contributed by atoms with E-state index in [1.165, 1.54) is 4.57 Å². The van der Waals surface area contributed by atoms with Crippen LogP contribution in [0.25, 0.3) is 0 Å². The normalized spacial score (nSPS) is 12.9. The van der Waals surface area contributed by atoms with Crippen molar-refractivity contribution in [3.05, 3.63) is 30.6 Å². The highest BCUT2D eigenvalue weighted by Crippen LogP contribution is 2.16. The molecule has 88 valence electrons. The number of nitrogens with zero attached hydrogens (tertiary/aromatic N) is 2. The zero-order valence-corrected chi connectivity index (χ0v) is 9.04. The lowest BCUT2D eigenvalue weighted by molar-refractivity contribution is -0.559. The Balaban J connectivity index is 2.92. The van der Waals surface area contributed by atoms with Crippen LogP contribution in [0.5, 0.6) is 0 Å². The lowest BCUT2D eigenvalue weighted by atomic mass is 10.2. The Hall–Kier alpha value is -1.39. The molecule has 2 nitrogen and oxygen atoms in total. The van der Waals surface area contributed by atoms with E-state index in [0.717, 1.165) is 6.42 Å². The minimum Gasteiger partial charge on any atom is -0.207 e. The summed E-state index contributed by atoms with van der Waals surface area (Å²) in [5, 5.41) is 0. The van der Waals surface area contributed by atoms with Gasteiger partial charge in [0.15, 0.2) is 0 Å². The maximum atomic E-state index is 12.2. The van der Waals surface area contributed by atoms with Crippen LogP contribution < -0.4 is 4.57 Å². The molecule has 0 fully saturated rings. The number of pyridine rings is 1. The minimum atomic E-state index is -4.51. The van der Waals surface area contributed by atoms with E-state index in [1.807, 2.05) is 6.92 Å². The second-order valence-electron chi connectivity index (χ2n) is 3.38. The standard InChI is InChI=1S/C11H14F3N2/c1-2-3-7-10(15-11(12,13)14)16-8-5-4-6-9-16/h4-6,8-9H,2-3,7H2,1H3/q+1. The molecule has 0 saturated heterocycles. The zero-order valence-electron chi connectivity index (χ0n) is 9.04. The van der Waals surface area contributed by atoms with Crippen molar-refractivity contribution in [1.29, 1.82) is 0 Å². The van der Waals surface area contributed by atoms with Crippen LogP contribution >= 0.6 is 0 Å². The molecular weight excluding hydrogens is 217 g/mol. The average molecular weight is 231 g/mol. The molecule has 0 unspecified atom stereocenters. The van der Waals surface area contributed by atoms with Crippen molar-refractivity contribution >= 4 is 5.84 Å². The maximum absolute atomic E-state index is 12.2. The van der Waals surface area contributed by atoms with E-state index in [0.29, 0.717) is 12.8 Å². The zero-order chi connectivity index (χ0) is 12.0. The molecule has 0 spiro atoms. The fraction of sp³-hybridized carbons (Fsp3) is 0.455. The van der Waals surface area contributed by atoms with Gasteiger partial charge in [0.05, 0.1) is 18.8 Å². The topological polar surface area (TPSA) is 16.2 Å². The van der Waals surface area contributed by atoms with Gasteiger partial charge in [-0.1, -0.05) is 19.4 Å². The van der Waals surface area contributed by atoms with Crippen molar-refractivity contribution in [2.75, 3.05) is 0 Å². The van der Waals surface area contributed by atoms with Crippen LogP contribution in [0.2, 0.25) is 0 Å². The van der Waals surface area contributed by atoms with Crippen molar-refractivity contribution in [1.82, 2.24) is 0 Å². The van der Waals surface area contributed by atoms with Gasteiger partial charge in [0.2, 0.25) is 0 Å². The molecule has 0 saturated carbocycles. The predicted octanol–water partition coefficient (Wildman–Crippen LogP) is 2.93. The Morgan fingerprint density at radius 3 is 2.31 bits per heavy atom. The van der Waals surface area contributed by atoms with Crippen molar-refractivity contribution in [3.63, 3.8) is 0 Å². The van der Waals surface area contributed by atoms with Crippen LogP contribution in [0.4, 0.5) is 13.2 Å². The number of hydrogen-bond donors (Lipinski definition) is 0. The van der Waals surface area contributed by atoms with Crippen LogP contribution in [0, 0.1) is 0 Å². The van der Waals surface area contributed by atoms with Gasteiger partial charge in [-0.2, -0.15) is 0 Å². The summed E-state index contributed by atoms with van der Waals surface area (Å²) in [5.41, 5.74) is 0. The molecule has 0 aromatic carbocycles. The third-order valence-electron chi connectivity index (χ3n) is 2.02. The smallest absolute Gasteiger partial charge is 0.207 e. The lowest BCUT2D eigenvalue weighted by Crippen LogP contribution is -2.43. The third kappa shape index (κ3) is 4.42. The van der Waals surface area contributed by atoms with Gasteiger partial charge in [-0.05, 0) is 18.6 Å². The fourth-order valence-corrected chi connectivity index (χ4v) is 1.29. The van der Waals surface area contributed by atoms with Gasteiger partial charge in [-0.3, -0.25) is 0 Å². The minimum absolute atomic E-state index is 0.0370. The van der Waals surface area contributed by atoms with Gasteiger partial charge in [0.1, 0.15) is 0 Å². The molecule has 0 atom stereocenters. The molecular formula is C11H14F3N2+.